The second-order valence-corrected chi connectivity index (χ2v) is 16.4. The molecule has 1 saturated heterocycles. The Morgan fingerprint density at radius 1 is 0.920 bits per heavy atom. The Bertz CT molecular complexity index is 1500. The van der Waals surface area contributed by atoms with Crippen LogP contribution in [0.25, 0.3) is 5.70 Å². The molecule has 5 aliphatic rings. The number of rotatable bonds is 9. The Kier molecular flexibility index (Phi) is 13.6. The van der Waals surface area contributed by atoms with Crippen molar-refractivity contribution in [3.8, 4) is 0 Å². The molecule has 272 valence electrons. The molecular formula is C45H67N5. The Labute approximate surface area is 305 Å². The van der Waals surface area contributed by atoms with Gasteiger partial charge in [0.05, 0.1) is 5.70 Å². The van der Waals surface area contributed by atoms with E-state index in [9.17, 15) is 0 Å². The van der Waals surface area contributed by atoms with Crippen LogP contribution in [0.1, 0.15) is 152 Å². The minimum absolute atomic E-state index is 0.512. The molecule has 3 aliphatic carbocycles. The first-order valence-electron chi connectivity index (χ1n) is 20.1. The van der Waals surface area contributed by atoms with Gasteiger partial charge in [0.2, 0.25) is 0 Å². The van der Waals surface area contributed by atoms with Crippen LogP contribution >= 0.6 is 0 Å². The van der Waals surface area contributed by atoms with Crippen molar-refractivity contribution in [2.45, 2.75) is 143 Å². The van der Waals surface area contributed by atoms with Crippen LogP contribution in [0.3, 0.4) is 0 Å². The van der Waals surface area contributed by atoms with Crippen molar-refractivity contribution >= 4 is 17.2 Å². The van der Waals surface area contributed by atoms with E-state index >= 15 is 0 Å². The summed E-state index contributed by atoms with van der Waals surface area (Å²) < 4.78 is 0. The van der Waals surface area contributed by atoms with Gasteiger partial charge in [-0.15, -0.1) is 0 Å². The highest BCUT2D eigenvalue weighted by Crippen LogP contribution is 2.38. The van der Waals surface area contributed by atoms with Crippen molar-refractivity contribution in [1.29, 1.82) is 0 Å². The number of nitrogens with zero attached hydrogens (tertiary/aromatic N) is 5. The van der Waals surface area contributed by atoms with Gasteiger partial charge in [0, 0.05) is 72.7 Å². The summed E-state index contributed by atoms with van der Waals surface area (Å²) >= 11 is 0. The molecule has 0 radical (unpaired) electrons. The SMILES string of the molecule is C=C(C1CCCCC1)N(C)c1cc(C2=CCC(C3CC3)=N2)ccn1.C=C(CC)N1CCC(C)(C)C1.CCc1ccc(C2CCCCC2)nc1C. The monoisotopic (exact) mass is 678 g/mol. The summed E-state index contributed by atoms with van der Waals surface area (Å²) in [5.74, 6) is 3.09. The van der Waals surface area contributed by atoms with Crippen LogP contribution in [0.5, 0.6) is 0 Å². The van der Waals surface area contributed by atoms with Crippen LogP contribution in [0.4, 0.5) is 5.82 Å². The Morgan fingerprint density at radius 2 is 1.62 bits per heavy atom. The molecule has 0 atom stereocenters. The van der Waals surface area contributed by atoms with E-state index in [-0.39, 0.29) is 0 Å². The van der Waals surface area contributed by atoms with Gasteiger partial charge in [-0.3, -0.25) is 9.98 Å². The van der Waals surface area contributed by atoms with Crippen molar-refractivity contribution in [3.63, 3.8) is 0 Å². The van der Waals surface area contributed by atoms with E-state index in [1.165, 1.54) is 136 Å². The fourth-order valence-electron chi connectivity index (χ4n) is 8.14. The molecule has 50 heavy (non-hydrogen) atoms. The predicted octanol–water partition coefficient (Wildman–Crippen LogP) is 11.8. The van der Waals surface area contributed by atoms with Crippen molar-refractivity contribution in [1.82, 2.24) is 14.9 Å². The number of allylic oxidation sites excluding steroid dienone is 3. The van der Waals surface area contributed by atoms with E-state index in [1.807, 2.05) is 6.20 Å². The van der Waals surface area contributed by atoms with E-state index in [1.54, 1.807) is 0 Å². The lowest BCUT2D eigenvalue weighted by molar-refractivity contribution is 0.337. The highest BCUT2D eigenvalue weighted by molar-refractivity contribution is 5.98. The summed E-state index contributed by atoms with van der Waals surface area (Å²) in [5.41, 5.74) is 10.7. The fraction of sp³-hybridized carbons (Fsp3) is 0.622. The molecule has 7 rings (SSSR count). The molecule has 2 aliphatic heterocycles. The largest absolute Gasteiger partial charge is 0.375 e. The van der Waals surface area contributed by atoms with E-state index in [0.29, 0.717) is 11.3 Å². The van der Waals surface area contributed by atoms with Gasteiger partial charge in [-0.05, 0) is 106 Å². The standard InChI is InChI=1S/C21H27N3.C14H21N.C10H19N/c1-15(16-6-4-3-5-7-16)24(2)21-14-18(12-13-22-21)20-11-10-19(23-20)17-8-9-17;1-3-12-9-10-14(15-11(12)2)13-7-5-4-6-8-13;1-5-9(2)11-7-6-10(3,4)8-11/h11-14,16-17H,1,3-10H2,2H3;9-10,13H,3-8H2,1-2H3;2,5-8H2,1,3-4H3. The first kappa shape index (κ1) is 38.0. The smallest absolute Gasteiger partial charge is 0.133 e. The molecule has 2 aromatic heterocycles. The highest BCUT2D eigenvalue weighted by Gasteiger charge is 2.30. The third kappa shape index (κ3) is 10.4. The zero-order valence-electron chi connectivity index (χ0n) is 32.6. The first-order chi connectivity index (χ1) is 24.1. The van der Waals surface area contributed by atoms with E-state index in [4.69, 9.17) is 9.98 Å². The van der Waals surface area contributed by atoms with E-state index in [0.717, 1.165) is 42.6 Å². The van der Waals surface area contributed by atoms with Gasteiger partial charge in [-0.1, -0.05) is 91.5 Å². The summed E-state index contributed by atoms with van der Waals surface area (Å²) in [6.07, 6.45) is 24.8. The highest BCUT2D eigenvalue weighted by atomic mass is 15.2. The summed E-state index contributed by atoms with van der Waals surface area (Å²) in [5, 5.41) is 0. The van der Waals surface area contributed by atoms with Crippen LogP contribution < -0.4 is 4.90 Å². The number of pyridine rings is 2. The molecule has 3 saturated carbocycles. The maximum atomic E-state index is 4.86. The van der Waals surface area contributed by atoms with E-state index in [2.05, 4.69) is 99.9 Å². The molecule has 0 unspecified atom stereocenters. The summed E-state index contributed by atoms with van der Waals surface area (Å²) in [6.45, 7) is 22.0. The molecule has 2 aromatic rings. The number of aromatic nitrogens is 2. The molecule has 0 bridgehead atoms. The number of aliphatic imine (C=N–C) groups is 1. The summed E-state index contributed by atoms with van der Waals surface area (Å²) in [7, 11) is 2.10. The topological polar surface area (TPSA) is 44.6 Å². The zero-order chi connectivity index (χ0) is 35.7. The maximum Gasteiger partial charge on any atom is 0.133 e. The van der Waals surface area contributed by atoms with Gasteiger partial charge in [0.15, 0.2) is 0 Å². The third-order valence-electron chi connectivity index (χ3n) is 11.9. The second kappa shape index (κ2) is 17.8. The molecule has 0 amide bonds. The minimum Gasteiger partial charge on any atom is -0.375 e. The van der Waals surface area contributed by atoms with Gasteiger partial charge in [-0.25, -0.2) is 4.98 Å². The van der Waals surface area contributed by atoms with Crippen LogP contribution in [-0.4, -0.2) is 40.7 Å². The normalized spacial score (nSPS) is 20.6. The van der Waals surface area contributed by atoms with Gasteiger partial charge < -0.3 is 9.80 Å². The Hall–Kier alpha value is -3.21. The van der Waals surface area contributed by atoms with Gasteiger partial charge >= 0.3 is 0 Å². The lowest BCUT2D eigenvalue weighted by Crippen LogP contribution is -2.24. The molecular weight excluding hydrogens is 611 g/mol. The van der Waals surface area contributed by atoms with Crippen molar-refractivity contribution in [2.24, 2.45) is 22.2 Å². The van der Waals surface area contributed by atoms with Crippen LogP contribution in [0.15, 0.2) is 66.1 Å². The number of likely N-dealkylation sites (tertiary alicyclic amines) is 1. The van der Waals surface area contributed by atoms with Gasteiger partial charge in [0.1, 0.15) is 5.82 Å². The van der Waals surface area contributed by atoms with Crippen LogP contribution in [0.2, 0.25) is 0 Å². The molecule has 5 heteroatoms. The molecule has 0 N–H and O–H groups in total. The molecule has 0 aromatic carbocycles. The first-order valence-corrected chi connectivity index (χ1v) is 20.1. The molecule has 0 spiro atoms. The van der Waals surface area contributed by atoms with Gasteiger partial charge in [-0.2, -0.15) is 0 Å². The number of hydrogen-bond donors (Lipinski definition) is 0. The number of hydrogen-bond acceptors (Lipinski definition) is 5. The summed E-state index contributed by atoms with van der Waals surface area (Å²) in [4.78, 5) is 18.8. The fourth-order valence-corrected chi connectivity index (χ4v) is 8.14. The number of anilines is 1. The zero-order valence-corrected chi connectivity index (χ0v) is 32.6. The Morgan fingerprint density at radius 3 is 2.22 bits per heavy atom. The lowest BCUT2D eigenvalue weighted by atomic mass is 9.86. The predicted molar refractivity (Wildman–Crippen MR) is 215 cm³/mol. The minimum atomic E-state index is 0.512. The molecule has 4 heterocycles. The second-order valence-electron chi connectivity index (χ2n) is 16.4. The molecule has 5 nitrogen and oxygen atoms in total. The lowest BCUT2D eigenvalue weighted by Gasteiger charge is -2.30. The van der Waals surface area contributed by atoms with Crippen LogP contribution in [-0.2, 0) is 6.42 Å². The quantitative estimate of drug-likeness (QED) is 0.265. The molecule has 4 fully saturated rings. The van der Waals surface area contributed by atoms with Crippen molar-refractivity contribution in [3.05, 3.63) is 83.6 Å². The Balaban J connectivity index is 0.000000160. The average Bonchev–Trinajstić information content (AvgIpc) is 3.76. The average molecular weight is 678 g/mol. The van der Waals surface area contributed by atoms with Crippen LogP contribution in [0, 0.1) is 24.2 Å². The van der Waals surface area contributed by atoms with Gasteiger partial charge in [0.25, 0.3) is 0 Å². The van der Waals surface area contributed by atoms with Crippen molar-refractivity contribution < 1.29 is 0 Å². The third-order valence-corrected chi connectivity index (χ3v) is 11.9. The number of aryl methyl sites for hydroxylation is 2. The maximum absolute atomic E-state index is 4.86. The van der Waals surface area contributed by atoms with E-state index < -0.39 is 0 Å². The summed E-state index contributed by atoms with van der Waals surface area (Å²) in [6, 6.07) is 8.76. The van der Waals surface area contributed by atoms with Crippen molar-refractivity contribution in [2.75, 3.05) is 25.0 Å².